The van der Waals surface area contributed by atoms with Gasteiger partial charge in [0.2, 0.25) is 11.8 Å². The number of ether oxygens (including phenoxy) is 2. The van der Waals surface area contributed by atoms with Crippen LogP contribution in [0.1, 0.15) is 27.7 Å². The first-order chi connectivity index (χ1) is 21.6. The molecule has 0 aromatic heterocycles. The molecule has 2 saturated heterocycles. The third-order valence-corrected chi connectivity index (χ3v) is 11.4. The lowest BCUT2D eigenvalue weighted by Crippen LogP contribution is -2.58. The van der Waals surface area contributed by atoms with Crippen LogP contribution in [0.5, 0.6) is 11.5 Å². The van der Waals surface area contributed by atoms with Crippen molar-refractivity contribution in [2.45, 2.75) is 49.3 Å². The number of rotatable bonds is 8. The van der Waals surface area contributed by atoms with Crippen LogP contribution in [0.25, 0.3) is 0 Å². The number of thioether (sulfide) groups is 1. The van der Waals surface area contributed by atoms with E-state index in [-0.39, 0.29) is 30.2 Å². The van der Waals surface area contributed by atoms with Crippen LogP contribution in [0.4, 0.5) is 11.4 Å². The van der Waals surface area contributed by atoms with Crippen LogP contribution in [0, 0.1) is 17.8 Å². The molecule has 0 aliphatic carbocycles. The SMILES string of the molecule is CCOc1ccc(N2CC=C[C@@]3(C)S[C@]45C=CCN(c6ccc(OC)cc6)C(=O)C4N([C@@H](CO)C(C)C)C(=O)[C@@H]5[C@H]3C2=O)cc1. The summed E-state index contributed by atoms with van der Waals surface area (Å²) >= 11 is 1.54. The molecule has 2 aromatic rings. The molecule has 3 amide bonds. The molecule has 6 rings (SSSR count). The summed E-state index contributed by atoms with van der Waals surface area (Å²) in [6, 6.07) is 13.2. The first-order valence-corrected chi connectivity index (χ1v) is 16.4. The highest BCUT2D eigenvalue weighted by molar-refractivity contribution is 8.02. The highest BCUT2D eigenvalue weighted by atomic mass is 32.2. The number of amides is 3. The van der Waals surface area contributed by atoms with Crippen LogP contribution in [0.2, 0.25) is 0 Å². The summed E-state index contributed by atoms with van der Waals surface area (Å²) in [5, 5.41) is 10.6. The number of aliphatic hydroxyl groups excluding tert-OH is 1. The molecule has 4 aliphatic rings. The molecule has 45 heavy (non-hydrogen) atoms. The molecule has 238 valence electrons. The smallest absolute Gasteiger partial charge is 0.251 e. The largest absolute Gasteiger partial charge is 0.497 e. The molecular weight excluding hydrogens is 590 g/mol. The second-order valence-corrected chi connectivity index (χ2v) is 14.4. The Labute approximate surface area is 268 Å². The van der Waals surface area contributed by atoms with E-state index in [1.807, 2.05) is 88.4 Å². The number of aliphatic hydroxyl groups is 1. The first-order valence-electron chi connectivity index (χ1n) is 15.6. The Morgan fingerprint density at radius 3 is 2.00 bits per heavy atom. The van der Waals surface area contributed by atoms with Gasteiger partial charge in [-0.3, -0.25) is 14.4 Å². The number of hydrogen-bond donors (Lipinski definition) is 1. The second kappa shape index (κ2) is 11.9. The van der Waals surface area contributed by atoms with Crippen LogP contribution in [0.15, 0.2) is 72.8 Å². The number of carbonyl (C=O) groups is 3. The fraction of sp³-hybridized carbons (Fsp3) is 0.457. The molecule has 10 heteroatoms. The summed E-state index contributed by atoms with van der Waals surface area (Å²) in [5.74, 6) is -0.913. The minimum absolute atomic E-state index is 0.120. The molecule has 9 nitrogen and oxygen atoms in total. The van der Waals surface area contributed by atoms with E-state index >= 15 is 0 Å². The number of anilines is 2. The van der Waals surface area contributed by atoms with Gasteiger partial charge >= 0.3 is 0 Å². The lowest BCUT2D eigenvalue weighted by molar-refractivity contribution is -0.143. The number of likely N-dealkylation sites (tertiary alicyclic amines) is 1. The molecule has 2 aromatic carbocycles. The predicted octanol–water partition coefficient (Wildman–Crippen LogP) is 4.30. The van der Waals surface area contributed by atoms with E-state index in [4.69, 9.17) is 9.47 Å². The van der Waals surface area contributed by atoms with Gasteiger partial charge in [0.05, 0.1) is 42.9 Å². The molecule has 2 fully saturated rings. The normalized spacial score (nSPS) is 29.8. The maximum atomic E-state index is 14.8. The van der Waals surface area contributed by atoms with E-state index in [0.717, 1.165) is 11.4 Å². The average Bonchev–Trinajstić information content (AvgIpc) is 3.29. The summed E-state index contributed by atoms with van der Waals surface area (Å²) < 4.78 is 9.18. The summed E-state index contributed by atoms with van der Waals surface area (Å²) in [5.41, 5.74) is 1.40. The van der Waals surface area contributed by atoms with Gasteiger partial charge in [0, 0.05) is 29.2 Å². The Bertz CT molecular complexity index is 1520. The molecule has 1 N–H and O–H groups in total. The van der Waals surface area contributed by atoms with Crippen molar-refractivity contribution in [3.63, 3.8) is 0 Å². The van der Waals surface area contributed by atoms with Crippen LogP contribution >= 0.6 is 11.8 Å². The van der Waals surface area contributed by atoms with Gasteiger partial charge in [0.15, 0.2) is 0 Å². The number of nitrogens with zero attached hydrogens (tertiary/aromatic N) is 3. The zero-order valence-corrected chi connectivity index (χ0v) is 27.2. The molecular formula is C35H41N3O6S. The fourth-order valence-electron chi connectivity index (χ4n) is 7.55. The standard InChI is InChI=1S/C35H41N3O6S/c1-6-44-26-15-11-23(12-16-26)36-19-7-17-34(4)28(31(36)40)29-32(41)38(27(21-39)22(2)3)30-33(42)37(20-8-18-35(29,30)45-34)24-9-13-25(43-5)14-10-24/h7-18,22,27-30,39H,6,19-21H2,1-5H3/t27-,28-,29-,30?,34+,35-/m0/s1. The fourth-order valence-corrected chi connectivity index (χ4v) is 9.70. The van der Waals surface area contributed by atoms with Crippen molar-refractivity contribution in [2.24, 2.45) is 17.8 Å². The number of hydrogen-bond acceptors (Lipinski definition) is 7. The van der Waals surface area contributed by atoms with E-state index in [9.17, 15) is 19.5 Å². The Morgan fingerprint density at radius 1 is 0.867 bits per heavy atom. The summed E-state index contributed by atoms with van der Waals surface area (Å²) in [4.78, 5) is 49.3. The maximum absolute atomic E-state index is 14.8. The van der Waals surface area contributed by atoms with Crippen LogP contribution in [0.3, 0.4) is 0 Å². The minimum Gasteiger partial charge on any atom is -0.497 e. The number of methoxy groups -OCH3 is 1. The Morgan fingerprint density at radius 2 is 1.44 bits per heavy atom. The van der Waals surface area contributed by atoms with Gasteiger partial charge < -0.3 is 29.3 Å². The zero-order chi connectivity index (χ0) is 32.1. The van der Waals surface area contributed by atoms with Crippen molar-refractivity contribution < 1.29 is 29.0 Å². The van der Waals surface area contributed by atoms with Crippen molar-refractivity contribution in [1.29, 1.82) is 0 Å². The Kier molecular flexibility index (Phi) is 8.24. The van der Waals surface area contributed by atoms with Gasteiger partial charge in [-0.05, 0) is 68.3 Å². The molecule has 4 heterocycles. The van der Waals surface area contributed by atoms with Gasteiger partial charge in [-0.2, -0.15) is 0 Å². The molecule has 0 bridgehead atoms. The summed E-state index contributed by atoms with van der Waals surface area (Å²) in [7, 11) is 1.59. The van der Waals surface area contributed by atoms with E-state index in [1.54, 1.807) is 33.9 Å². The van der Waals surface area contributed by atoms with Crippen molar-refractivity contribution in [2.75, 3.05) is 43.2 Å². The highest BCUT2D eigenvalue weighted by Gasteiger charge is 2.74. The second-order valence-electron chi connectivity index (χ2n) is 12.6. The summed E-state index contributed by atoms with van der Waals surface area (Å²) in [6.45, 7) is 8.75. The highest BCUT2D eigenvalue weighted by Crippen LogP contribution is 2.66. The Balaban J connectivity index is 1.46. The number of benzene rings is 2. The number of carbonyl (C=O) groups excluding carboxylic acids is 3. The third kappa shape index (κ3) is 4.93. The van der Waals surface area contributed by atoms with Gasteiger partial charge in [-0.25, -0.2) is 0 Å². The molecule has 0 saturated carbocycles. The van der Waals surface area contributed by atoms with Crippen molar-refractivity contribution in [3.8, 4) is 11.5 Å². The van der Waals surface area contributed by atoms with Gasteiger partial charge in [-0.1, -0.05) is 38.2 Å². The van der Waals surface area contributed by atoms with Gasteiger partial charge in [0.25, 0.3) is 5.91 Å². The van der Waals surface area contributed by atoms with Crippen molar-refractivity contribution in [3.05, 3.63) is 72.8 Å². The molecule has 6 atom stereocenters. The summed E-state index contributed by atoms with van der Waals surface area (Å²) in [6.07, 6.45) is 8.00. The van der Waals surface area contributed by atoms with Crippen LogP contribution in [-0.4, -0.2) is 82.7 Å². The quantitative estimate of drug-likeness (QED) is 0.434. The van der Waals surface area contributed by atoms with Gasteiger partial charge in [0.1, 0.15) is 17.5 Å². The first kappa shape index (κ1) is 31.2. The predicted molar refractivity (Wildman–Crippen MR) is 176 cm³/mol. The molecule has 1 spiro atoms. The number of fused-ring (bicyclic) bond motifs is 2. The zero-order valence-electron chi connectivity index (χ0n) is 26.4. The lowest BCUT2D eigenvalue weighted by Gasteiger charge is -2.41. The van der Waals surface area contributed by atoms with Crippen LogP contribution < -0.4 is 19.3 Å². The molecule has 0 radical (unpaired) electrons. The van der Waals surface area contributed by atoms with E-state index in [0.29, 0.717) is 31.1 Å². The lowest BCUT2D eigenvalue weighted by atomic mass is 9.74. The molecule has 4 aliphatic heterocycles. The van der Waals surface area contributed by atoms with E-state index in [2.05, 4.69) is 0 Å². The molecule has 1 unspecified atom stereocenters. The minimum atomic E-state index is -1.01. The average molecular weight is 632 g/mol. The Hall–Kier alpha value is -3.76. The monoisotopic (exact) mass is 631 g/mol. The van der Waals surface area contributed by atoms with Crippen LogP contribution in [-0.2, 0) is 14.4 Å². The van der Waals surface area contributed by atoms with Crippen molar-refractivity contribution >= 4 is 40.9 Å². The topological polar surface area (TPSA) is 99.6 Å². The van der Waals surface area contributed by atoms with E-state index < -0.39 is 33.4 Å². The van der Waals surface area contributed by atoms with Gasteiger partial charge in [-0.15, -0.1) is 11.8 Å². The van der Waals surface area contributed by atoms with E-state index in [1.165, 1.54) is 11.8 Å². The van der Waals surface area contributed by atoms with Crippen molar-refractivity contribution in [1.82, 2.24) is 4.90 Å². The maximum Gasteiger partial charge on any atom is 0.251 e. The third-order valence-electron chi connectivity index (χ3n) is 9.65.